The Labute approximate surface area is 172 Å². The van der Waals surface area contributed by atoms with Crippen LogP contribution >= 0.6 is 11.8 Å². The molecule has 1 saturated heterocycles. The molecule has 2 aromatic rings. The zero-order valence-electron chi connectivity index (χ0n) is 16.9. The first-order chi connectivity index (χ1) is 13.6. The molecule has 0 saturated carbocycles. The summed E-state index contributed by atoms with van der Waals surface area (Å²) in [7, 11) is 0. The molecule has 2 heterocycles. The van der Waals surface area contributed by atoms with Crippen molar-refractivity contribution in [2.75, 3.05) is 31.9 Å². The summed E-state index contributed by atoms with van der Waals surface area (Å²) < 4.78 is 2.06. The molecular formula is C21H31N5OS. The van der Waals surface area contributed by atoms with Crippen LogP contribution in [0.3, 0.4) is 0 Å². The van der Waals surface area contributed by atoms with Crippen LogP contribution in [0.5, 0.6) is 0 Å². The third kappa shape index (κ3) is 6.34. The van der Waals surface area contributed by atoms with Crippen LogP contribution in [-0.4, -0.2) is 57.5 Å². The Morgan fingerprint density at radius 2 is 1.96 bits per heavy atom. The Bertz CT molecular complexity index is 741. The summed E-state index contributed by atoms with van der Waals surface area (Å²) in [6, 6.07) is 10.2. The number of piperidine rings is 1. The molecule has 6 nitrogen and oxygen atoms in total. The average molecular weight is 402 g/mol. The van der Waals surface area contributed by atoms with Crippen molar-refractivity contribution in [3.05, 3.63) is 41.7 Å². The Balaban J connectivity index is 1.38. The zero-order chi connectivity index (χ0) is 19.8. The summed E-state index contributed by atoms with van der Waals surface area (Å²) in [6.45, 7) is 9.20. The topological polar surface area (TPSA) is 63.1 Å². The Hall–Kier alpha value is -1.86. The van der Waals surface area contributed by atoms with Crippen molar-refractivity contribution in [3.63, 3.8) is 0 Å². The molecular weight excluding hydrogens is 370 g/mol. The number of hydrogen-bond acceptors (Lipinski definition) is 5. The van der Waals surface area contributed by atoms with E-state index in [1.807, 2.05) is 25.1 Å². The lowest BCUT2D eigenvalue weighted by molar-refractivity contribution is -0.118. The number of thioether (sulfide) groups is 1. The lowest BCUT2D eigenvalue weighted by atomic mass is 9.99. The molecule has 1 aromatic carbocycles. The molecule has 152 valence electrons. The summed E-state index contributed by atoms with van der Waals surface area (Å²) in [5.74, 6) is 2.15. The molecule has 1 amide bonds. The van der Waals surface area contributed by atoms with Gasteiger partial charge in [0, 0.05) is 6.54 Å². The van der Waals surface area contributed by atoms with Crippen LogP contribution in [0.15, 0.2) is 35.5 Å². The molecule has 0 unspecified atom stereocenters. The normalized spacial score (nSPS) is 15.6. The summed E-state index contributed by atoms with van der Waals surface area (Å²) in [5, 5.41) is 12.2. The van der Waals surface area contributed by atoms with Gasteiger partial charge in [0.25, 0.3) is 0 Å². The van der Waals surface area contributed by atoms with Crippen molar-refractivity contribution in [1.29, 1.82) is 0 Å². The van der Waals surface area contributed by atoms with Gasteiger partial charge in [0.2, 0.25) is 5.91 Å². The number of amides is 1. The molecule has 0 atom stereocenters. The molecule has 1 aromatic heterocycles. The van der Waals surface area contributed by atoms with Gasteiger partial charge >= 0.3 is 0 Å². The number of carbonyl (C=O) groups is 1. The van der Waals surface area contributed by atoms with Crippen LogP contribution in [-0.2, 0) is 11.3 Å². The number of nitrogens with zero attached hydrogens (tertiary/aromatic N) is 4. The number of aryl methyl sites for hydroxylation is 1. The van der Waals surface area contributed by atoms with Crippen molar-refractivity contribution < 1.29 is 4.79 Å². The van der Waals surface area contributed by atoms with E-state index >= 15 is 0 Å². The average Bonchev–Trinajstić information content (AvgIpc) is 3.05. The quantitative estimate of drug-likeness (QED) is 0.517. The minimum absolute atomic E-state index is 0.0594. The number of hydrogen-bond donors (Lipinski definition) is 1. The fourth-order valence-corrected chi connectivity index (χ4v) is 4.23. The van der Waals surface area contributed by atoms with E-state index in [0.717, 1.165) is 43.0 Å². The second-order valence-corrected chi connectivity index (χ2v) is 8.56. The molecule has 3 rings (SSSR count). The van der Waals surface area contributed by atoms with Gasteiger partial charge in [0.15, 0.2) is 5.16 Å². The number of benzene rings is 1. The van der Waals surface area contributed by atoms with Crippen molar-refractivity contribution in [1.82, 2.24) is 25.0 Å². The summed E-state index contributed by atoms with van der Waals surface area (Å²) in [5.41, 5.74) is 1.20. The van der Waals surface area contributed by atoms with E-state index in [2.05, 4.69) is 44.0 Å². The van der Waals surface area contributed by atoms with E-state index in [-0.39, 0.29) is 5.91 Å². The van der Waals surface area contributed by atoms with E-state index in [4.69, 9.17) is 0 Å². The monoisotopic (exact) mass is 401 g/mol. The van der Waals surface area contributed by atoms with Gasteiger partial charge in [-0.1, -0.05) is 49.0 Å². The fraction of sp³-hybridized carbons (Fsp3) is 0.571. The number of aromatic nitrogens is 3. The van der Waals surface area contributed by atoms with Crippen LogP contribution in [0.4, 0.5) is 0 Å². The second-order valence-electron chi connectivity index (χ2n) is 7.62. The van der Waals surface area contributed by atoms with Crippen molar-refractivity contribution in [2.45, 2.75) is 44.8 Å². The third-order valence-corrected chi connectivity index (χ3v) is 6.23. The van der Waals surface area contributed by atoms with Gasteiger partial charge in [-0.05, 0) is 57.3 Å². The maximum Gasteiger partial charge on any atom is 0.230 e. The highest BCUT2D eigenvalue weighted by atomic mass is 32.2. The van der Waals surface area contributed by atoms with Crippen molar-refractivity contribution in [3.8, 4) is 0 Å². The first-order valence-corrected chi connectivity index (χ1v) is 11.2. The minimum atomic E-state index is 0.0594. The molecule has 1 N–H and O–H groups in total. The SMILES string of the molecule is Cc1nnc(SCC(=O)NCCCN2CCC(C)CC2)n1Cc1ccccc1. The third-order valence-electron chi connectivity index (χ3n) is 5.27. The highest BCUT2D eigenvalue weighted by molar-refractivity contribution is 7.99. The summed E-state index contributed by atoms with van der Waals surface area (Å²) in [6.07, 6.45) is 3.60. The zero-order valence-corrected chi connectivity index (χ0v) is 17.7. The van der Waals surface area contributed by atoms with Crippen molar-refractivity contribution in [2.24, 2.45) is 5.92 Å². The number of rotatable bonds is 9. The van der Waals surface area contributed by atoms with Crippen LogP contribution in [0, 0.1) is 12.8 Å². The van der Waals surface area contributed by atoms with E-state index in [1.54, 1.807) is 0 Å². The Morgan fingerprint density at radius 1 is 1.21 bits per heavy atom. The van der Waals surface area contributed by atoms with Crippen LogP contribution in [0.2, 0.25) is 0 Å². The van der Waals surface area contributed by atoms with Crippen LogP contribution < -0.4 is 5.32 Å². The molecule has 0 radical (unpaired) electrons. The highest BCUT2D eigenvalue weighted by Gasteiger charge is 2.15. The Morgan fingerprint density at radius 3 is 2.71 bits per heavy atom. The lowest BCUT2D eigenvalue weighted by Gasteiger charge is -2.30. The van der Waals surface area contributed by atoms with Crippen LogP contribution in [0.25, 0.3) is 0 Å². The van der Waals surface area contributed by atoms with Crippen molar-refractivity contribution >= 4 is 17.7 Å². The molecule has 1 fully saturated rings. The molecule has 1 aliphatic rings. The largest absolute Gasteiger partial charge is 0.355 e. The van der Waals surface area contributed by atoms with Crippen LogP contribution in [0.1, 0.15) is 37.6 Å². The second kappa shape index (κ2) is 10.6. The smallest absolute Gasteiger partial charge is 0.230 e. The van der Waals surface area contributed by atoms with Gasteiger partial charge in [-0.2, -0.15) is 0 Å². The molecule has 0 aliphatic carbocycles. The van der Waals surface area contributed by atoms with Gasteiger partial charge in [-0.25, -0.2) is 0 Å². The minimum Gasteiger partial charge on any atom is -0.355 e. The first kappa shape index (κ1) is 20.9. The molecule has 28 heavy (non-hydrogen) atoms. The van der Waals surface area contributed by atoms with E-state index < -0.39 is 0 Å². The maximum atomic E-state index is 12.2. The molecule has 0 bridgehead atoms. The van der Waals surface area contributed by atoms with E-state index in [9.17, 15) is 4.79 Å². The number of carbonyl (C=O) groups excluding carboxylic acids is 1. The summed E-state index contributed by atoms with van der Waals surface area (Å²) in [4.78, 5) is 14.7. The molecule has 7 heteroatoms. The maximum absolute atomic E-state index is 12.2. The van der Waals surface area contributed by atoms with E-state index in [1.165, 1.54) is 43.3 Å². The van der Waals surface area contributed by atoms with Gasteiger partial charge in [0.05, 0.1) is 12.3 Å². The van der Waals surface area contributed by atoms with Gasteiger partial charge < -0.3 is 14.8 Å². The van der Waals surface area contributed by atoms with Gasteiger partial charge in [0.1, 0.15) is 5.82 Å². The summed E-state index contributed by atoms with van der Waals surface area (Å²) >= 11 is 1.45. The standard InChI is InChI=1S/C21H31N5OS/c1-17-9-13-25(14-10-17)12-6-11-22-20(27)16-28-21-24-23-18(2)26(21)15-19-7-4-3-5-8-19/h3-5,7-8,17H,6,9-16H2,1-2H3,(H,22,27). The Kier molecular flexibility index (Phi) is 7.91. The lowest BCUT2D eigenvalue weighted by Crippen LogP contribution is -2.35. The predicted molar refractivity (Wildman–Crippen MR) is 113 cm³/mol. The number of likely N-dealkylation sites (tertiary alicyclic amines) is 1. The number of nitrogens with one attached hydrogen (secondary N) is 1. The van der Waals surface area contributed by atoms with Gasteiger partial charge in [-0.3, -0.25) is 4.79 Å². The molecule has 1 aliphatic heterocycles. The molecule has 0 spiro atoms. The first-order valence-electron chi connectivity index (χ1n) is 10.2. The highest BCUT2D eigenvalue weighted by Crippen LogP contribution is 2.18. The predicted octanol–water partition coefficient (Wildman–Crippen LogP) is 2.97. The van der Waals surface area contributed by atoms with E-state index in [0.29, 0.717) is 5.75 Å². The van der Waals surface area contributed by atoms with Gasteiger partial charge in [-0.15, -0.1) is 10.2 Å². The fourth-order valence-electron chi connectivity index (χ4n) is 3.41.